The number of amides is 4. The Bertz CT molecular complexity index is 2240. The van der Waals surface area contributed by atoms with Gasteiger partial charge in [-0.05, 0) is 88.2 Å². The van der Waals surface area contributed by atoms with E-state index < -0.39 is 73.6 Å². The molecule has 3 aliphatic heterocycles. The molecular weight excluding hydrogens is 841 g/mol. The number of carbonyl (C=O) groups is 4. The second-order valence-electron chi connectivity index (χ2n) is 20.2. The Morgan fingerprint density at radius 2 is 1.81 bits per heavy atom. The quantitative estimate of drug-likeness (QED) is 0.262. The lowest BCUT2D eigenvalue weighted by Gasteiger charge is -2.35. The molecule has 1 aromatic carbocycles. The number of rotatable bonds is 11. The predicted molar refractivity (Wildman–Crippen MR) is 239 cm³/mol. The fourth-order valence-electron chi connectivity index (χ4n) is 9.60. The molecule has 17 heteroatoms. The molecule has 2 saturated heterocycles. The standard InChI is InChI=1S/C47H66N6O10S/c1-7-30-27-47(30,43(56)51-64(58,59)46(5)19-20-46)50-40(54)36-26-32-28-53(36)42(55)39(45(2,3)4)49-44(57)63-37-25-29(37)13-9-8-10-15-34-38(33-14-11-12-16-35(33)48-41(34)62-32)61-31-17-21-52(22-18-31)23-24-60-6/h7,11-12,14,16,29-32,36-37,39H,1,8-10,13,15,17-28H2,2-6H3,(H,49,57)(H,50,54)(H,51,56)/t29-,30-,32-,36+,37-,39-,47-/m1/s1. The van der Waals surface area contributed by atoms with Crippen LogP contribution >= 0.6 is 0 Å². The second kappa shape index (κ2) is 18.1. The number of hydrogen-bond acceptors (Lipinski definition) is 12. The Morgan fingerprint density at radius 3 is 2.50 bits per heavy atom. The molecule has 5 fully saturated rings. The van der Waals surface area contributed by atoms with Crippen molar-refractivity contribution < 1.29 is 46.5 Å². The largest absolute Gasteiger partial charge is 0.489 e. The van der Waals surface area contributed by atoms with Crippen molar-refractivity contribution in [1.29, 1.82) is 0 Å². The van der Waals surface area contributed by atoms with Crippen LogP contribution in [0.5, 0.6) is 11.6 Å². The number of methoxy groups -OCH3 is 1. The van der Waals surface area contributed by atoms with Gasteiger partial charge in [-0.2, -0.15) is 0 Å². The Morgan fingerprint density at radius 1 is 1.06 bits per heavy atom. The van der Waals surface area contributed by atoms with Crippen molar-refractivity contribution in [3.63, 3.8) is 0 Å². The lowest BCUT2D eigenvalue weighted by Crippen LogP contribution is -2.60. The number of aromatic nitrogens is 1. The van der Waals surface area contributed by atoms with Crippen LogP contribution in [-0.2, 0) is 40.3 Å². The summed E-state index contributed by atoms with van der Waals surface area (Å²) in [5.74, 6) is -1.18. The minimum absolute atomic E-state index is 0.0273. The maximum absolute atomic E-state index is 14.9. The summed E-state index contributed by atoms with van der Waals surface area (Å²) >= 11 is 0. The third-order valence-corrected chi connectivity index (χ3v) is 16.5. The smallest absolute Gasteiger partial charge is 0.408 e. The molecule has 8 rings (SSSR count). The summed E-state index contributed by atoms with van der Waals surface area (Å²) < 4.78 is 52.6. The van der Waals surface area contributed by atoms with Crippen LogP contribution in [0.15, 0.2) is 36.9 Å². The minimum Gasteiger partial charge on any atom is -0.489 e. The molecule has 3 aliphatic carbocycles. The molecule has 6 aliphatic rings. The zero-order valence-electron chi connectivity index (χ0n) is 38.0. The zero-order valence-corrected chi connectivity index (χ0v) is 38.8. The van der Waals surface area contributed by atoms with Gasteiger partial charge in [0.15, 0.2) is 0 Å². The topological polar surface area (TPSA) is 195 Å². The highest BCUT2D eigenvalue weighted by Crippen LogP contribution is 2.48. The van der Waals surface area contributed by atoms with Crippen LogP contribution < -0.4 is 24.8 Å². The maximum Gasteiger partial charge on any atom is 0.408 e. The Balaban J connectivity index is 1.13. The Kier molecular flexibility index (Phi) is 13.0. The highest BCUT2D eigenvalue weighted by molar-refractivity contribution is 7.91. The summed E-state index contributed by atoms with van der Waals surface area (Å²) in [6.45, 7) is 14.2. The number of carbonyl (C=O) groups excluding carboxylic acids is 4. The first-order chi connectivity index (χ1) is 30.4. The molecule has 16 nitrogen and oxygen atoms in total. The number of para-hydroxylation sites is 1. The number of hydrogen-bond donors (Lipinski definition) is 3. The van der Waals surface area contributed by atoms with Crippen LogP contribution in [0, 0.1) is 17.3 Å². The van der Waals surface area contributed by atoms with Crippen LogP contribution in [0.1, 0.15) is 104 Å². The summed E-state index contributed by atoms with van der Waals surface area (Å²) in [6.07, 6.45) is 7.55. The van der Waals surface area contributed by atoms with Gasteiger partial charge in [-0.25, -0.2) is 18.2 Å². The van der Waals surface area contributed by atoms with Crippen molar-refractivity contribution in [3.8, 4) is 11.6 Å². The zero-order chi connectivity index (χ0) is 45.6. The molecule has 2 bridgehead atoms. The molecule has 350 valence electrons. The predicted octanol–water partition coefficient (Wildman–Crippen LogP) is 4.78. The average Bonchev–Trinajstić information content (AvgIpc) is 4.22. The molecule has 3 N–H and O–H groups in total. The van der Waals surface area contributed by atoms with E-state index in [0.717, 1.165) is 81.3 Å². The molecule has 4 amide bonds. The lowest BCUT2D eigenvalue weighted by atomic mass is 9.85. The maximum atomic E-state index is 14.9. The molecule has 0 unspecified atom stereocenters. The average molecular weight is 907 g/mol. The van der Waals surface area contributed by atoms with Crippen LogP contribution in [0.4, 0.5) is 4.79 Å². The number of nitrogens with zero attached hydrogens (tertiary/aromatic N) is 3. The summed E-state index contributed by atoms with van der Waals surface area (Å²) in [5, 5.41) is 6.60. The van der Waals surface area contributed by atoms with Crippen molar-refractivity contribution in [3.05, 3.63) is 42.5 Å². The summed E-state index contributed by atoms with van der Waals surface area (Å²) in [4.78, 5) is 65.8. The van der Waals surface area contributed by atoms with E-state index in [4.69, 9.17) is 23.9 Å². The fraction of sp³-hybridized carbons (Fsp3) is 0.681. The van der Waals surface area contributed by atoms with E-state index in [2.05, 4.69) is 26.8 Å². The molecule has 2 aromatic rings. The van der Waals surface area contributed by atoms with E-state index >= 15 is 0 Å². The van der Waals surface area contributed by atoms with Gasteiger partial charge in [0.05, 0.1) is 29.0 Å². The normalized spacial score (nSPS) is 30.0. The third-order valence-electron chi connectivity index (χ3n) is 14.3. The van der Waals surface area contributed by atoms with Gasteiger partial charge in [0, 0.05) is 44.5 Å². The first-order valence-corrected chi connectivity index (χ1v) is 24.7. The van der Waals surface area contributed by atoms with Crippen LogP contribution in [0.2, 0.25) is 0 Å². The number of pyridine rings is 1. The van der Waals surface area contributed by atoms with Crippen LogP contribution in [0.3, 0.4) is 0 Å². The minimum atomic E-state index is -4.02. The van der Waals surface area contributed by atoms with Gasteiger partial charge in [0.25, 0.3) is 5.91 Å². The molecular formula is C47H66N6O10S. The second-order valence-corrected chi connectivity index (χ2v) is 22.4. The number of piperidine rings is 1. The van der Waals surface area contributed by atoms with Gasteiger partial charge in [-0.15, -0.1) is 6.58 Å². The fourth-order valence-corrected chi connectivity index (χ4v) is 10.9. The molecule has 0 spiro atoms. The summed E-state index contributed by atoms with van der Waals surface area (Å²) in [7, 11) is -2.30. The Hall–Kier alpha value is -4.48. The van der Waals surface area contributed by atoms with Crippen molar-refractivity contribution >= 4 is 44.7 Å². The number of alkyl carbamates (subject to hydrolysis) is 1. The highest BCUT2D eigenvalue weighted by Gasteiger charge is 2.63. The van der Waals surface area contributed by atoms with E-state index in [1.807, 2.05) is 45.0 Å². The number of nitrogens with one attached hydrogen (secondary N) is 3. The lowest BCUT2D eigenvalue weighted by molar-refractivity contribution is -0.142. The van der Waals surface area contributed by atoms with Gasteiger partial charge in [0.2, 0.25) is 27.7 Å². The van der Waals surface area contributed by atoms with E-state index in [9.17, 15) is 27.6 Å². The van der Waals surface area contributed by atoms with E-state index in [1.54, 1.807) is 14.0 Å². The number of fused-ring (bicyclic) bond motifs is 5. The summed E-state index contributed by atoms with van der Waals surface area (Å²) in [5.41, 5.74) is -0.855. The molecule has 7 atom stereocenters. The van der Waals surface area contributed by atoms with E-state index in [0.29, 0.717) is 37.3 Å². The first-order valence-electron chi connectivity index (χ1n) is 23.2. The van der Waals surface area contributed by atoms with Gasteiger partial charge in [0.1, 0.15) is 41.7 Å². The van der Waals surface area contributed by atoms with Crippen LogP contribution in [-0.4, -0.2) is 128 Å². The number of sulfonamides is 1. The van der Waals surface area contributed by atoms with Gasteiger partial charge in [-0.3, -0.25) is 19.1 Å². The first kappa shape index (κ1) is 46.1. The van der Waals surface area contributed by atoms with Gasteiger partial charge in [-0.1, -0.05) is 51.8 Å². The van der Waals surface area contributed by atoms with Crippen molar-refractivity contribution in [2.75, 3.05) is 39.9 Å². The number of ether oxygens (including phenoxy) is 4. The third kappa shape index (κ3) is 9.72. The van der Waals surface area contributed by atoms with Crippen molar-refractivity contribution in [1.82, 2.24) is 30.1 Å². The van der Waals surface area contributed by atoms with Gasteiger partial charge >= 0.3 is 6.09 Å². The van der Waals surface area contributed by atoms with Crippen LogP contribution in [0.25, 0.3) is 10.9 Å². The monoisotopic (exact) mass is 906 g/mol. The van der Waals surface area contributed by atoms with E-state index in [1.165, 1.54) is 11.0 Å². The molecule has 1 aromatic heterocycles. The molecule has 3 saturated carbocycles. The number of likely N-dealkylation sites (tertiary alicyclic amines) is 1. The SMILES string of the molecule is C=C[C@@H]1C[C@]1(NC(=O)[C@@H]1C[C@@H]2CN1C(=O)[C@H](C(C)(C)C)NC(=O)O[C@@H]1C[C@H]1CCCCCc1c(nc3ccccc3c1OC1CCN(CCOC)CC1)O2)C(=O)NS(=O)(=O)C1(C)CC1. The molecule has 0 radical (unpaired) electrons. The molecule has 4 heterocycles. The summed E-state index contributed by atoms with van der Waals surface area (Å²) in [6, 6.07) is 5.60. The van der Waals surface area contributed by atoms with Crippen molar-refractivity contribution in [2.24, 2.45) is 17.3 Å². The Labute approximate surface area is 377 Å². The molecule has 64 heavy (non-hydrogen) atoms. The van der Waals surface area contributed by atoms with Gasteiger partial charge < -0.3 is 39.4 Å². The van der Waals surface area contributed by atoms with E-state index in [-0.39, 0.29) is 37.5 Å². The number of benzene rings is 1. The van der Waals surface area contributed by atoms with Crippen molar-refractivity contribution in [2.45, 2.75) is 145 Å². The highest BCUT2D eigenvalue weighted by atomic mass is 32.2.